The van der Waals surface area contributed by atoms with Crippen molar-refractivity contribution in [2.45, 2.75) is 39.5 Å². The number of nitrogens with zero attached hydrogens (tertiary/aromatic N) is 4. The fraction of sp³-hybridized carbons (Fsp3) is 0.588. The average molecular weight is 330 g/mol. The fourth-order valence-electron chi connectivity index (χ4n) is 3.43. The molecule has 1 atom stereocenters. The molecule has 0 radical (unpaired) electrons. The summed E-state index contributed by atoms with van der Waals surface area (Å²) in [4.78, 5) is 14.6. The van der Waals surface area contributed by atoms with E-state index in [-0.39, 0.29) is 5.91 Å². The van der Waals surface area contributed by atoms with E-state index in [9.17, 15) is 4.79 Å². The molecule has 24 heavy (non-hydrogen) atoms. The highest BCUT2D eigenvalue weighted by molar-refractivity contribution is 5.93. The Balaban J connectivity index is 1.60. The zero-order valence-corrected chi connectivity index (χ0v) is 14.9. The van der Waals surface area contributed by atoms with Gasteiger partial charge in [-0.2, -0.15) is 10.2 Å². The normalized spacial score (nSPS) is 18.8. The summed E-state index contributed by atoms with van der Waals surface area (Å²) in [5.74, 6) is 0.423. The van der Waals surface area contributed by atoms with Gasteiger partial charge in [-0.1, -0.05) is 0 Å². The maximum Gasteiger partial charge on any atom is 0.238 e. The number of aromatic nitrogens is 4. The molecular formula is C17H26N6O. The molecule has 1 fully saturated rings. The quantitative estimate of drug-likeness (QED) is 0.897. The highest BCUT2D eigenvalue weighted by Crippen LogP contribution is 2.26. The van der Waals surface area contributed by atoms with E-state index < -0.39 is 0 Å². The van der Waals surface area contributed by atoms with Crippen molar-refractivity contribution < 1.29 is 4.79 Å². The van der Waals surface area contributed by atoms with Crippen LogP contribution in [0.2, 0.25) is 0 Å². The Morgan fingerprint density at radius 2 is 2.21 bits per heavy atom. The Labute approximate surface area is 142 Å². The number of aryl methyl sites for hydroxylation is 3. The van der Waals surface area contributed by atoms with Gasteiger partial charge in [0.25, 0.3) is 0 Å². The van der Waals surface area contributed by atoms with Gasteiger partial charge in [0.1, 0.15) is 0 Å². The van der Waals surface area contributed by atoms with Crippen molar-refractivity contribution in [3.05, 3.63) is 28.8 Å². The lowest BCUT2D eigenvalue weighted by molar-refractivity contribution is -0.117. The maximum absolute atomic E-state index is 12.4. The highest BCUT2D eigenvalue weighted by atomic mass is 16.2. The molecule has 2 N–H and O–H groups in total. The molecule has 7 heteroatoms. The molecule has 0 spiro atoms. The third-order valence-electron chi connectivity index (χ3n) is 4.79. The van der Waals surface area contributed by atoms with Crippen LogP contribution in [0.3, 0.4) is 0 Å². The number of anilines is 1. The van der Waals surface area contributed by atoms with Crippen molar-refractivity contribution >= 4 is 11.6 Å². The molecule has 0 aliphatic carbocycles. The van der Waals surface area contributed by atoms with Gasteiger partial charge in [0.05, 0.1) is 29.3 Å². The van der Waals surface area contributed by atoms with Crippen LogP contribution in [0.5, 0.6) is 0 Å². The van der Waals surface area contributed by atoms with Crippen LogP contribution in [0, 0.1) is 20.8 Å². The van der Waals surface area contributed by atoms with Gasteiger partial charge in [0.15, 0.2) is 0 Å². The number of likely N-dealkylation sites (tertiary alicyclic amines) is 1. The molecule has 1 aliphatic heterocycles. The Bertz CT molecular complexity index is 732. The summed E-state index contributed by atoms with van der Waals surface area (Å²) in [5.41, 5.74) is 4.86. The SMILES string of the molecule is Cc1cc(C2CCCN(CC(=O)Nc3c(C)nn(C)c3C)C2)n[nH]1. The van der Waals surface area contributed by atoms with Crippen LogP contribution in [-0.4, -0.2) is 50.4 Å². The van der Waals surface area contributed by atoms with Crippen molar-refractivity contribution in [1.82, 2.24) is 24.9 Å². The van der Waals surface area contributed by atoms with Gasteiger partial charge < -0.3 is 5.32 Å². The van der Waals surface area contributed by atoms with Crippen LogP contribution in [-0.2, 0) is 11.8 Å². The topological polar surface area (TPSA) is 78.8 Å². The number of H-pyrrole nitrogens is 1. The number of piperidine rings is 1. The second-order valence-electron chi connectivity index (χ2n) is 6.77. The lowest BCUT2D eigenvalue weighted by Gasteiger charge is -2.31. The zero-order chi connectivity index (χ0) is 17.3. The van der Waals surface area contributed by atoms with Gasteiger partial charge in [-0.15, -0.1) is 0 Å². The maximum atomic E-state index is 12.4. The summed E-state index contributed by atoms with van der Waals surface area (Å²) in [7, 11) is 1.89. The Hall–Kier alpha value is -2.15. The molecule has 7 nitrogen and oxygen atoms in total. The number of hydrogen-bond donors (Lipinski definition) is 2. The minimum Gasteiger partial charge on any atom is -0.322 e. The predicted octanol–water partition coefficient (Wildman–Crippen LogP) is 1.89. The van der Waals surface area contributed by atoms with E-state index in [2.05, 4.69) is 31.6 Å². The van der Waals surface area contributed by atoms with Crippen LogP contribution in [0.15, 0.2) is 6.07 Å². The number of carbonyl (C=O) groups is 1. The number of rotatable bonds is 4. The first-order valence-corrected chi connectivity index (χ1v) is 8.48. The largest absolute Gasteiger partial charge is 0.322 e. The average Bonchev–Trinajstić information content (AvgIpc) is 3.07. The molecule has 3 heterocycles. The number of carbonyl (C=O) groups excluding carboxylic acids is 1. The van der Waals surface area contributed by atoms with Crippen molar-refractivity contribution in [2.75, 3.05) is 25.0 Å². The Morgan fingerprint density at radius 3 is 2.83 bits per heavy atom. The van der Waals surface area contributed by atoms with E-state index in [4.69, 9.17) is 0 Å². The van der Waals surface area contributed by atoms with Crippen LogP contribution >= 0.6 is 0 Å². The minimum atomic E-state index is 0.0214. The van der Waals surface area contributed by atoms with Gasteiger partial charge in [-0.3, -0.25) is 19.5 Å². The van der Waals surface area contributed by atoms with Crippen molar-refractivity contribution in [2.24, 2.45) is 7.05 Å². The third-order valence-corrected chi connectivity index (χ3v) is 4.79. The summed E-state index contributed by atoms with van der Waals surface area (Å²) in [6.45, 7) is 8.14. The number of aromatic amines is 1. The van der Waals surface area contributed by atoms with Crippen molar-refractivity contribution in [3.63, 3.8) is 0 Å². The van der Waals surface area contributed by atoms with Crippen LogP contribution in [0.1, 0.15) is 41.5 Å². The fourth-order valence-corrected chi connectivity index (χ4v) is 3.43. The molecule has 130 valence electrons. The molecule has 1 saturated heterocycles. The van der Waals surface area contributed by atoms with E-state index >= 15 is 0 Å². The first kappa shape index (κ1) is 16.7. The molecule has 2 aromatic heterocycles. The van der Waals surface area contributed by atoms with Gasteiger partial charge in [0.2, 0.25) is 5.91 Å². The first-order valence-electron chi connectivity index (χ1n) is 8.48. The monoisotopic (exact) mass is 330 g/mol. The van der Waals surface area contributed by atoms with E-state index in [0.717, 1.165) is 54.4 Å². The number of nitrogens with one attached hydrogen (secondary N) is 2. The van der Waals surface area contributed by atoms with Crippen LogP contribution in [0.4, 0.5) is 5.69 Å². The minimum absolute atomic E-state index is 0.0214. The van der Waals surface area contributed by atoms with Crippen molar-refractivity contribution in [1.29, 1.82) is 0 Å². The predicted molar refractivity (Wildman–Crippen MR) is 93.1 cm³/mol. The summed E-state index contributed by atoms with van der Waals surface area (Å²) in [6.07, 6.45) is 2.22. The Kier molecular flexibility index (Phi) is 4.71. The van der Waals surface area contributed by atoms with E-state index in [1.807, 2.05) is 27.8 Å². The zero-order valence-electron chi connectivity index (χ0n) is 14.9. The molecule has 1 aliphatic rings. The van der Waals surface area contributed by atoms with E-state index in [1.54, 1.807) is 4.68 Å². The first-order chi connectivity index (χ1) is 11.4. The van der Waals surface area contributed by atoms with Crippen LogP contribution < -0.4 is 5.32 Å². The Morgan fingerprint density at radius 1 is 1.42 bits per heavy atom. The van der Waals surface area contributed by atoms with Gasteiger partial charge in [0, 0.05) is 25.2 Å². The van der Waals surface area contributed by atoms with E-state index in [1.165, 1.54) is 0 Å². The second-order valence-corrected chi connectivity index (χ2v) is 6.77. The molecule has 1 amide bonds. The molecule has 3 rings (SSSR count). The molecule has 0 aromatic carbocycles. The summed E-state index contributed by atoms with van der Waals surface area (Å²) in [6, 6.07) is 2.11. The van der Waals surface area contributed by atoms with Crippen molar-refractivity contribution in [3.8, 4) is 0 Å². The molecule has 0 saturated carbocycles. The standard InChI is InChI=1S/C17H26N6O/c1-11-8-15(20-19-11)14-6-5-7-23(9-14)10-16(24)18-17-12(2)21-22(4)13(17)3/h8,14H,5-7,9-10H2,1-4H3,(H,18,24)(H,19,20). The van der Waals surface area contributed by atoms with Crippen LogP contribution in [0.25, 0.3) is 0 Å². The van der Waals surface area contributed by atoms with Gasteiger partial charge >= 0.3 is 0 Å². The summed E-state index contributed by atoms with van der Waals surface area (Å²) < 4.78 is 1.79. The molecular weight excluding hydrogens is 304 g/mol. The van der Waals surface area contributed by atoms with E-state index in [0.29, 0.717) is 12.5 Å². The van der Waals surface area contributed by atoms with Gasteiger partial charge in [-0.05, 0) is 46.2 Å². The summed E-state index contributed by atoms with van der Waals surface area (Å²) in [5, 5.41) is 14.8. The number of hydrogen-bond acceptors (Lipinski definition) is 4. The summed E-state index contributed by atoms with van der Waals surface area (Å²) >= 11 is 0. The second kappa shape index (κ2) is 6.76. The molecule has 2 aromatic rings. The van der Waals surface area contributed by atoms with Gasteiger partial charge in [-0.25, -0.2) is 0 Å². The lowest BCUT2D eigenvalue weighted by Crippen LogP contribution is -2.40. The third kappa shape index (κ3) is 3.51. The lowest BCUT2D eigenvalue weighted by atomic mass is 9.94. The smallest absolute Gasteiger partial charge is 0.238 e. The highest BCUT2D eigenvalue weighted by Gasteiger charge is 2.25. The number of amides is 1. The molecule has 1 unspecified atom stereocenters. The molecule has 0 bridgehead atoms.